The predicted octanol–water partition coefficient (Wildman–Crippen LogP) is 1.23. The zero-order valence-corrected chi connectivity index (χ0v) is 12.1. The lowest BCUT2D eigenvalue weighted by atomic mass is 9.86. The van der Waals surface area contributed by atoms with Gasteiger partial charge in [-0.25, -0.2) is 4.79 Å². The zero-order chi connectivity index (χ0) is 15.2. The topological polar surface area (TPSA) is 88.3 Å². The molecule has 6 heteroatoms. The van der Waals surface area contributed by atoms with Gasteiger partial charge in [0.05, 0.1) is 0 Å². The molecule has 0 aliphatic heterocycles. The summed E-state index contributed by atoms with van der Waals surface area (Å²) in [6.07, 6.45) is 5.79. The van der Waals surface area contributed by atoms with E-state index >= 15 is 0 Å². The number of hydrogen-bond acceptors (Lipinski definition) is 4. The van der Waals surface area contributed by atoms with E-state index in [1.807, 2.05) is 0 Å². The van der Waals surface area contributed by atoms with Gasteiger partial charge in [0, 0.05) is 12.2 Å². The lowest BCUT2D eigenvalue weighted by Gasteiger charge is -2.29. The van der Waals surface area contributed by atoms with Crippen LogP contribution in [0.15, 0.2) is 23.1 Å². The van der Waals surface area contributed by atoms with E-state index in [0.717, 1.165) is 19.3 Å². The van der Waals surface area contributed by atoms with Crippen molar-refractivity contribution in [2.24, 2.45) is 5.92 Å². The number of rotatable bonds is 4. The molecule has 2 N–H and O–H groups in total. The van der Waals surface area contributed by atoms with E-state index in [4.69, 9.17) is 4.74 Å². The Bertz CT molecular complexity index is 567. The van der Waals surface area contributed by atoms with Crippen LogP contribution < -0.4 is 10.9 Å². The van der Waals surface area contributed by atoms with Gasteiger partial charge in [-0.05, 0) is 30.9 Å². The van der Waals surface area contributed by atoms with Crippen LogP contribution in [0.25, 0.3) is 0 Å². The fraction of sp³-hybridized carbons (Fsp3) is 0.533. The lowest BCUT2D eigenvalue weighted by molar-refractivity contribution is -0.125. The maximum atomic E-state index is 11.8. The van der Waals surface area contributed by atoms with Crippen LogP contribution in [-0.2, 0) is 9.53 Å². The number of carbonyl (C=O) groups is 2. The number of amides is 1. The van der Waals surface area contributed by atoms with E-state index in [1.54, 1.807) is 0 Å². The minimum atomic E-state index is -0.788. The van der Waals surface area contributed by atoms with Crippen LogP contribution in [0, 0.1) is 5.92 Å². The van der Waals surface area contributed by atoms with Crippen molar-refractivity contribution in [2.75, 3.05) is 6.61 Å². The maximum Gasteiger partial charge on any atom is 0.344 e. The first-order chi connectivity index (χ1) is 10.1. The van der Waals surface area contributed by atoms with Crippen molar-refractivity contribution < 1.29 is 14.3 Å². The predicted molar refractivity (Wildman–Crippen MR) is 76.9 cm³/mol. The average Bonchev–Trinajstić information content (AvgIpc) is 2.48. The van der Waals surface area contributed by atoms with E-state index in [1.165, 1.54) is 24.8 Å². The Labute approximate surface area is 122 Å². The van der Waals surface area contributed by atoms with Gasteiger partial charge in [0.15, 0.2) is 6.61 Å². The highest BCUT2D eigenvalue weighted by atomic mass is 16.5. The van der Waals surface area contributed by atoms with Gasteiger partial charge in [0.2, 0.25) is 0 Å². The van der Waals surface area contributed by atoms with Gasteiger partial charge in [0.1, 0.15) is 5.56 Å². The Kier molecular flexibility index (Phi) is 5.14. The molecule has 1 aliphatic carbocycles. The van der Waals surface area contributed by atoms with Gasteiger partial charge in [-0.15, -0.1) is 0 Å². The molecule has 21 heavy (non-hydrogen) atoms. The van der Waals surface area contributed by atoms with E-state index in [2.05, 4.69) is 17.2 Å². The molecule has 1 aliphatic rings. The maximum absolute atomic E-state index is 11.8. The fourth-order valence-corrected chi connectivity index (χ4v) is 2.57. The van der Waals surface area contributed by atoms with Crippen molar-refractivity contribution in [3.8, 4) is 0 Å². The molecule has 1 heterocycles. The smallest absolute Gasteiger partial charge is 0.344 e. The Balaban J connectivity index is 1.82. The van der Waals surface area contributed by atoms with E-state index in [9.17, 15) is 14.4 Å². The third-order valence-electron chi connectivity index (χ3n) is 3.83. The standard InChI is InChI=1S/C15H20N2O4/c1-10-5-2-3-7-12(10)17-13(18)9-21-15(20)11-6-4-8-16-14(11)19/h4,6,8,10,12H,2-3,5,7,9H2,1H3,(H,16,19)(H,17,18)/t10-,12-/m1/s1. The number of carbonyl (C=O) groups excluding carboxylic acids is 2. The first-order valence-electron chi connectivity index (χ1n) is 7.22. The second-order valence-electron chi connectivity index (χ2n) is 5.42. The summed E-state index contributed by atoms with van der Waals surface area (Å²) in [5.41, 5.74) is -0.625. The highest BCUT2D eigenvalue weighted by Gasteiger charge is 2.23. The Morgan fingerprint density at radius 3 is 2.86 bits per heavy atom. The molecule has 1 fully saturated rings. The first kappa shape index (κ1) is 15.3. The highest BCUT2D eigenvalue weighted by molar-refractivity contribution is 5.90. The van der Waals surface area contributed by atoms with Gasteiger partial charge in [-0.2, -0.15) is 0 Å². The van der Waals surface area contributed by atoms with Gasteiger partial charge in [-0.1, -0.05) is 19.8 Å². The Morgan fingerprint density at radius 1 is 1.38 bits per heavy atom. The Hall–Kier alpha value is -2.11. The van der Waals surface area contributed by atoms with Crippen LogP contribution in [0.3, 0.4) is 0 Å². The number of esters is 1. The second-order valence-corrected chi connectivity index (χ2v) is 5.42. The van der Waals surface area contributed by atoms with Gasteiger partial charge >= 0.3 is 5.97 Å². The molecular weight excluding hydrogens is 272 g/mol. The number of aromatic nitrogens is 1. The largest absolute Gasteiger partial charge is 0.452 e. The third kappa shape index (κ3) is 4.18. The molecule has 0 unspecified atom stereocenters. The Morgan fingerprint density at radius 2 is 2.14 bits per heavy atom. The highest BCUT2D eigenvalue weighted by Crippen LogP contribution is 2.23. The van der Waals surface area contributed by atoms with Crippen LogP contribution in [0.4, 0.5) is 0 Å². The molecule has 114 valence electrons. The molecule has 1 saturated carbocycles. The number of ether oxygens (including phenoxy) is 1. The summed E-state index contributed by atoms with van der Waals surface area (Å²) in [5.74, 6) is -0.673. The van der Waals surface area contributed by atoms with Crippen molar-refractivity contribution in [3.63, 3.8) is 0 Å². The van der Waals surface area contributed by atoms with Crippen molar-refractivity contribution in [1.82, 2.24) is 10.3 Å². The summed E-state index contributed by atoms with van der Waals surface area (Å²) in [4.78, 5) is 37.3. The molecule has 0 radical (unpaired) electrons. The van der Waals surface area contributed by atoms with E-state index < -0.39 is 11.5 Å². The van der Waals surface area contributed by atoms with Crippen molar-refractivity contribution in [2.45, 2.75) is 38.6 Å². The number of pyridine rings is 1. The quantitative estimate of drug-likeness (QED) is 0.817. The van der Waals surface area contributed by atoms with Crippen LogP contribution in [0.2, 0.25) is 0 Å². The third-order valence-corrected chi connectivity index (χ3v) is 3.83. The van der Waals surface area contributed by atoms with Crippen molar-refractivity contribution in [1.29, 1.82) is 0 Å². The van der Waals surface area contributed by atoms with E-state index in [-0.39, 0.29) is 24.1 Å². The lowest BCUT2D eigenvalue weighted by Crippen LogP contribution is -2.43. The first-order valence-corrected chi connectivity index (χ1v) is 7.22. The normalized spacial score (nSPS) is 21.6. The summed E-state index contributed by atoms with van der Waals surface area (Å²) in [7, 11) is 0. The van der Waals surface area contributed by atoms with Crippen LogP contribution >= 0.6 is 0 Å². The fourth-order valence-electron chi connectivity index (χ4n) is 2.57. The van der Waals surface area contributed by atoms with Crippen molar-refractivity contribution >= 4 is 11.9 Å². The summed E-state index contributed by atoms with van der Waals surface area (Å²) in [6, 6.07) is 3.04. The number of hydrogen-bond donors (Lipinski definition) is 2. The molecule has 0 aromatic carbocycles. The SMILES string of the molecule is C[C@@H]1CCCC[C@H]1NC(=O)COC(=O)c1ccc[nH]c1=O. The van der Waals surface area contributed by atoms with E-state index in [0.29, 0.717) is 5.92 Å². The zero-order valence-electron chi connectivity index (χ0n) is 12.1. The molecular formula is C15H20N2O4. The molecule has 0 saturated heterocycles. The molecule has 2 rings (SSSR count). The minimum absolute atomic E-state index is 0.101. The molecule has 6 nitrogen and oxygen atoms in total. The van der Waals surface area contributed by atoms with Gasteiger partial charge in [0.25, 0.3) is 11.5 Å². The second kappa shape index (κ2) is 7.06. The molecule has 1 aromatic rings. The molecule has 1 amide bonds. The summed E-state index contributed by atoms with van der Waals surface area (Å²) in [5, 5.41) is 2.89. The van der Waals surface area contributed by atoms with Crippen LogP contribution in [0.5, 0.6) is 0 Å². The number of nitrogens with one attached hydrogen (secondary N) is 2. The van der Waals surface area contributed by atoms with Gasteiger partial charge in [-0.3, -0.25) is 9.59 Å². The molecule has 2 atom stereocenters. The number of aromatic amines is 1. The monoisotopic (exact) mass is 292 g/mol. The summed E-state index contributed by atoms with van der Waals surface area (Å²) < 4.78 is 4.88. The van der Waals surface area contributed by atoms with Crippen LogP contribution in [-0.4, -0.2) is 29.5 Å². The van der Waals surface area contributed by atoms with Gasteiger partial charge < -0.3 is 15.0 Å². The molecule has 1 aromatic heterocycles. The molecule has 0 spiro atoms. The average molecular weight is 292 g/mol. The summed E-state index contributed by atoms with van der Waals surface area (Å²) in [6.45, 7) is 1.75. The van der Waals surface area contributed by atoms with Crippen LogP contribution in [0.1, 0.15) is 43.0 Å². The molecule has 0 bridgehead atoms. The minimum Gasteiger partial charge on any atom is -0.452 e. The number of H-pyrrole nitrogens is 1. The summed E-state index contributed by atoms with van der Waals surface area (Å²) >= 11 is 0. The van der Waals surface area contributed by atoms with Crippen molar-refractivity contribution in [3.05, 3.63) is 34.2 Å².